The third kappa shape index (κ3) is 1.85. The zero-order valence-corrected chi connectivity index (χ0v) is 6.80. The predicted molar refractivity (Wildman–Crippen MR) is 40.5 cm³/mol. The second kappa shape index (κ2) is 3.67. The average molecular weight is 205 g/mol. The molecule has 3 nitrogen and oxygen atoms in total. The highest BCUT2D eigenvalue weighted by Crippen LogP contribution is 2.19. The number of carbonyl (C=O) groups excluding carboxylic acids is 1. The maximum absolute atomic E-state index is 12.9. The number of primary amides is 1. The molecule has 0 heterocycles. The first-order valence-electron chi connectivity index (χ1n) is 3.55. The summed E-state index contributed by atoms with van der Waals surface area (Å²) in [6.07, 6.45) is -1.98. The van der Waals surface area contributed by atoms with Crippen molar-refractivity contribution in [3.63, 3.8) is 0 Å². The van der Waals surface area contributed by atoms with Gasteiger partial charge in [0.05, 0.1) is 0 Å². The monoisotopic (exact) mass is 205 g/mol. The molecule has 0 saturated heterocycles. The number of benzene rings is 1. The molecule has 0 aliphatic rings. The standard InChI is InChI=1S/C8H6F3NO2/c9-4-2-6(11)5(10)1-3(4)7(13)8(12)14/h1-2,7,13H,(H2,12,14). The molecule has 14 heavy (non-hydrogen) atoms. The summed E-state index contributed by atoms with van der Waals surface area (Å²) in [4.78, 5) is 10.4. The van der Waals surface area contributed by atoms with Crippen LogP contribution >= 0.6 is 0 Å². The Hall–Kier alpha value is -1.56. The smallest absolute Gasteiger partial charge is 0.251 e. The minimum Gasteiger partial charge on any atom is -0.378 e. The van der Waals surface area contributed by atoms with Crippen LogP contribution in [0.5, 0.6) is 0 Å². The molecule has 76 valence electrons. The van der Waals surface area contributed by atoms with Crippen LogP contribution in [0.3, 0.4) is 0 Å². The Balaban J connectivity index is 3.22. The molecule has 0 fully saturated rings. The molecule has 0 aliphatic carbocycles. The van der Waals surface area contributed by atoms with E-state index in [-0.39, 0.29) is 6.07 Å². The van der Waals surface area contributed by atoms with E-state index in [2.05, 4.69) is 5.73 Å². The largest absolute Gasteiger partial charge is 0.378 e. The van der Waals surface area contributed by atoms with E-state index in [1.807, 2.05) is 0 Å². The SMILES string of the molecule is NC(=O)C(O)c1cc(F)c(F)cc1F. The summed E-state index contributed by atoms with van der Waals surface area (Å²) in [7, 11) is 0. The molecule has 1 aromatic rings. The molecule has 0 bridgehead atoms. The fourth-order valence-electron chi connectivity index (χ4n) is 0.901. The van der Waals surface area contributed by atoms with Crippen molar-refractivity contribution in [3.8, 4) is 0 Å². The van der Waals surface area contributed by atoms with Crippen LogP contribution in [-0.2, 0) is 4.79 Å². The van der Waals surface area contributed by atoms with Gasteiger partial charge in [-0.1, -0.05) is 0 Å². The lowest BCUT2D eigenvalue weighted by Crippen LogP contribution is -2.22. The van der Waals surface area contributed by atoms with E-state index in [1.165, 1.54) is 0 Å². The van der Waals surface area contributed by atoms with Crippen LogP contribution in [0, 0.1) is 17.5 Å². The van der Waals surface area contributed by atoms with Crippen LogP contribution in [-0.4, -0.2) is 11.0 Å². The highest BCUT2D eigenvalue weighted by Gasteiger charge is 2.20. The summed E-state index contributed by atoms with van der Waals surface area (Å²) < 4.78 is 37.9. The minimum atomic E-state index is -1.98. The van der Waals surface area contributed by atoms with Crippen LogP contribution in [0.25, 0.3) is 0 Å². The fraction of sp³-hybridized carbons (Fsp3) is 0.125. The number of nitrogens with two attached hydrogens (primary N) is 1. The van der Waals surface area contributed by atoms with E-state index in [0.29, 0.717) is 6.07 Å². The molecular weight excluding hydrogens is 199 g/mol. The molecule has 1 atom stereocenters. The molecule has 0 saturated carbocycles. The second-order valence-corrected chi connectivity index (χ2v) is 2.59. The first-order valence-corrected chi connectivity index (χ1v) is 3.55. The summed E-state index contributed by atoms with van der Waals surface area (Å²) >= 11 is 0. The molecule has 3 N–H and O–H groups in total. The number of carbonyl (C=O) groups is 1. The number of aliphatic hydroxyl groups is 1. The molecule has 0 aliphatic heterocycles. The van der Waals surface area contributed by atoms with Gasteiger partial charge < -0.3 is 10.8 Å². The van der Waals surface area contributed by atoms with Crippen molar-refractivity contribution in [2.75, 3.05) is 0 Å². The third-order valence-corrected chi connectivity index (χ3v) is 1.60. The van der Waals surface area contributed by atoms with Gasteiger partial charge >= 0.3 is 0 Å². The number of amides is 1. The Morgan fingerprint density at radius 2 is 1.71 bits per heavy atom. The fourth-order valence-corrected chi connectivity index (χ4v) is 0.901. The summed E-state index contributed by atoms with van der Waals surface area (Å²) in [6, 6.07) is 0.622. The second-order valence-electron chi connectivity index (χ2n) is 2.59. The molecular formula is C8H6F3NO2. The maximum Gasteiger partial charge on any atom is 0.251 e. The Bertz CT molecular complexity index is 381. The van der Waals surface area contributed by atoms with E-state index in [0.717, 1.165) is 0 Å². The molecule has 0 radical (unpaired) electrons. The number of aliphatic hydroxyl groups excluding tert-OH is 1. The third-order valence-electron chi connectivity index (χ3n) is 1.60. The number of halogens is 3. The van der Waals surface area contributed by atoms with E-state index < -0.39 is 35.0 Å². The van der Waals surface area contributed by atoms with Crippen molar-refractivity contribution >= 4 is 5.91 Å². The van der Waals surface area contributed by atoms with Gasteiger partial charge in [-0.3, -0.25) is 4.79 Å². The zero-order valence-electron chi connectivity index (χ0n) is 6.80. The van der Waals surface area contributed by atoms with Crippen LogP contribution in [0.1, 0.15) is 11.7 Å². The summed E-state index contributed by atoms with van der Waals surface area (Å²) in [5, 5.41) is 8.99. The lowest BCUT2D eigenvalue weighted by molar-refractivity contribution is -0.126. The van der Waals surface area contributed by atoms with Crippen molar-refractivity contribution in [1.82, 2.24) is 0 Å². The lowest BCUT2D eigenvalue weighted by Gasteiger charge is -2.08. The summed E-state index contributed by atoms with van der Waals surface area (Å²) in [5.74, 6) is -5.23. The molecule has 0 spiro atoms. The summed E-state index contributed by atoms with van der Waals surface area (Å²) in [6.45, 7) is 0. The van der Waals surface area contributed by atoms with Gasteiger partial charge in [0.15, 0.2) is 17.7 Å². The highest BCUT2D eigenvalue weighted by molar-refractivity contribution is 5.80. The van der Waals surface area contributed by atoms with Crippen LogP contribution in [0.2, 0.25) is 0 Å². The average Bonchev–Trinajstić information content (AvgIpc) is 2.10. The normalized spacial score (nSPS) is 12.6. The van der Waals surface area contributed by atoms with Gasteiger partial charge in [-0.05, 0) is 6.07 Å². The van der Waals surface area contributed by atoms with Gasteiger partial charge in [-0.25, -0.2) is 13.2 Å². The Morgan fingerprint density at radius 1 is 1.21 bits per heavy atom. The van der Waals surface area contributed by atoms with Crippen molar-refractivity contribution in [3.05, 3.63) is 35.1 Å². The highest BCUT2D eigenvalue weighted by atomic mass is 19.2. The maximum atomic E-state index is 12.9. The topological polar surface area (TPSA) is 63.3 Å². The number of rotatable bonds is 2. The van der Waals surface area contributed by atoms with E-state index in [4.69, 9.17) is 5.11 Å². The van der Waals surface area contributed by atoms with Gasteiger partial charge in [-0.15, -0.1) is 0 Å². The minimum absolute atomic E-state index is 0.233. The van der Waals surface area contributed by atoms with Crippen molar-refractivity contribution in [2.45, 2.75) is 6.10 Å². The molecule has 1 amide bonds. The van der Waals surface area contributed by atoms with Crippen LogP contribution in [0.4, 0.5) is 13.2 Å². The van der Waals surface area contributed by atoms with Gasteiger partial charge in [0.25, 0.3) is 5.91 Å². The van der Waals surface area contributed by atoms with Crippen molar-refractivity contribution in [2.24, 2.45) is 5.73 Å². The van der Waals surface area contributed by atoms with Crippen LogP contribution < -0.4 is 5.73 Å². The van der Waals surface area contributed by atoms with E-state index >= 15 is 0 Å². The molecule has 1 rings (SSSR count). The predicted octanol–water partition coefficient (Wildman–Crippen LogP) is 0.623. The van der Waals surface area contributed by atoms with E-state index in [9.17, 15) is 18.0 Å². The number of hydrogen-bond acceptors (Lipinski definition) is 2. The van der Waals surface area contributed by atoms with Gasteiger partial charge in [-0.2, -0.15) is 0 Å². The molecule has 6 heteroatoms. The molecule has 1 aromatic carbocycles. The molecule has 0 aromatic heterocycles. The number of hydrogen-bond donors (Lipinski definition) is 2. The lowest BCUT2D eigenvalue weighted by atomic mass is 10.1. The van der Waals surface area contributed by atoms with Gasteiger partial charge in [0.2, 0.25) is 0 Å². The quantitative estimate of drug-likeness (QED) is 0.695. The summed E-state index contributed by atoms with van der Waals surface area (Å²) in [5.41, 5.74) is 3.97. The van der Waals surface area contributed by atoms with E-state index in [1.54, 1.807) is 0 Å². The molecule has 1 unspecified atom stereocenters. The van der Waals surface area contributed by atoms with Crippen LogP contribution in [0.15, 0.2) is 12.1 Å². The first-order chi connectivity index (χ1) is 6.43. The van der Waals surface area contributed by atoms with Crippen molar-refractivity contribution in [1.29, 1.82) is 0 Å². The Morgan fingerprint density at radius 3 is 2.21 bits per heavy atom. The van der Waals surface area contributed by atoms with Crippen molar-refractivity contribution < 1.29 is 23.1 Å². The zero-order chi connectivity index (χ0) is 10.9. The Labute approximate surface area is 77.0 Å². The van der Waals surface area contributed by atoms with Gasteiger partial charge in [0.1, 0.15) is 5.82 Å². The van der Waals surface area contributed by atoms with Gasteiger partial charge in [0, 0.05) is 11.6 Å². The first kappa shape index (κ1) is 10.5. The Kier molecular flexibility index (Phi) is 2.76.